The third kappa shape index (κ3) is 4.06. The molecule has 0 bridgehead atoms. The van der Waals surface area contributed by atoms with Crippen molar-refractivity contribution in [1.29, 1.82) is 0 Å². The van der Waals surface area contributed by atoms with Crippen molar-refractivity contribution in [1.82, 2.24) is 5.32 Å². The molecule has 21 heavy (non-hydrogen) atoms. The molecule has 2 unspecified atom stereocenters. The van der Waals surface area contributed by atoms with Gasteiger partial charge in [0, 0.05) is 38.4 Å². The van der Waals surface area contributed by atoms with Gasteiger partial charge < -0.3 is 16.0 Å². The molecule has 2 aromatic rings. The van der Waals surface area contributed by atoms with Gasteiger partial charge in [-0.15, -0.1) is 0 Å². The zero-order valence-corrected chi connectivity index (χ0v) is 13.1. The molecule has 0 fully saturated rings. The maximum absolute atomic E-state index is 5.96. The van der Waals surface area contributed by atoms with Crippen LogP contribution in [0, 0.1) is 0 Å². The summed E-state index contributed by atoms with van der Waals surface area (Å²) >= 11 is 0. The highest BCUT2D eigenvalue weighted by Gasteiger charge is 2.14. The molecule has 0 aliphatic rings. The molecule has 3 N–H and O–H groups in total. The van der Waals surface area contributed by atoms with Gasteiger partial charge in [0.1, 0.15) is 0 Å². The predicted molar refractivity (Wildman–Crippen MR) is 90.6 cm³/mol. The lowest BCUT2D eigenvalue weighted by atomic mass is 10.0. The van der Waals surface area contributed by atoms with Crippen molar-refractivity contribution in [2.45, 2.75) is 19.0 Å². The molecule has 0 spiro atoms. The van der Waals surface area contributed by atoms with E-state index in [1.165, 1.54) is 16.8 Å². The van der Waals surface area contributed by atoms with Crippen molar-refractivity contribution in [2.24, 2.45) is 5.73 Å². The zero-order chi connectivity index (χ0) is 15.2. The first kappa shape index (κ1) is 15.5. The van der Waals surface area contributed by atoms with Crippen LogP contribution in [0.25, 0.3) is 0 Å². The Morgan fingerprint density at radius 2 is 1.57 bits per heavy atom. The minimum absolute atomic E-state index is 0.163. The topological polar surface area (TPSA) is 41.3 Å². The van der Waals surface area contributed by atoms with Crippen molar-refractivity contribution in [3.8, 4) is 0 Å². The van der Waals surface area contributed by atoms with Gasteiger partial charge in [-0.05, 0) is 30.2 Å². The van der Waals surface area contributed by atoms with Crippen LogP contribution in [0.3, 0.4) is 0 Å². The molecule has 0 saturated heterocycles. The fourth-order valence-electron chi connectivity index (χ4n) is 2.44. The molecule has 0 amide bonds. The van der Waals surface area contributed by atoms with Crippen molar-refractivity contribution in [3.63, 3.8) is 0 Å². The van der Waals surface area contributed by atoms with E-state index in [2.05, 4.69) is 65.7 Å². The Bertz CT molecular complexity index is 534. The van der Waals surface area contributed by atoms with Crippen LogP contribution in [-0.4, -0.2) is 20.6 Å². The SMILES string of the molecule is CC(NC(CN)c1ccc(N(C)C)cc1)c1ccccc1. The van der Waals surface area contributed by atoms with Crippen LogP contribution in [0.1, 0.15) is 30.1 Å². The maximum Gasteiger partial charge on any atom is 0.0449 e. The van der Waals surface area contributed by atoms with E-state index in [4.69, 9.17) is 5.73 Å². The average Bonchev–Trinajstić information content (AvgIpc) is 2.53. The van der Waals surface area contributed by atoms with Crippen molar-refractivity contribution in [2.75, 3.05) is 25.5 Å². The Morgan fingerprint density at radius 1 is 0.952 bits per heavy atom. The highest BCUT2D eigenvalue weighted by molar-refractivity contribution is 5.46. The summed E-state index contributed by atoms with van der Waals surface area (Å²) in [4.78, 5) is 2.10. The fourth-order valence-corrected chi connectivity index (χ4v) is 2.44. The molecule has 0 aliphatic heterocycles. The second-order valence-corrected chi connectivity index (χ2v) is 5.57. The molecule has 112 valence electrons. The molecule has 0 aliphatic carbocycles. The number of anilines is 1. The van der Waals surface area contributed by atoms with E-state index in [9.17, 15) is 0 Å². The molecular formula is C18H25N3. The van der Waals surface area contributed by atoms with Crippen molar-refractivity contribution in [3.05, 3.63) is 65.7 Å². The molecule has 0 aromatic heterocycles. The fraction of sp³-hybridized carbons (Fsp3) is 0.333. The number of hydrogen-bond acceptors (Lipinski definition) is 3. The van der Waals surface area contributed by atoms with E-state index < -0.39 is 0 Å². The first-order valence-electron chi connectivity index (χ1n) is 7.40. The van der Waals surface area contributed by atoms with Gasteiger partial charge in [0.05, 0.1) is 0 Å². The van der Waals surface area contributed by atoms with Gasteiger partial charge in [0.2, 0.25) is 0 Å². The number of nitrogens with zero attached hydrogens (tertiary/aromatic N) is 1. The molecule has 3 heteroatoms. The Hall–Kier alpha value is -1.84. The molecule has 0 radical (unpaired) electrons. The summed E-state index contributed by atoms with van der Waals surface area (Å²) < 4.78 is 0. The molecular weight excluding hydrogens is 258 g/mol. The molecule has 2 rings (SSSR count). The van der Waals surface area contributed by atoms with Crippen LogP contribution in [-0.2, 0) is 0 Å². The van der Waals surface area contributed by atoms with Gasteiger partial charge in [-0.1, -0.05) is 42.5 Å². The van der Waals surface area contributed by atoms with Crippen molar-refractivity contribution >= 4 is 5.69 Å². The molecule has 2 atom stereocenters. The van der Waals surface area contributed by atoms with Crippen LogP contribution < -0.4 is 16.0 Å². The first-order chi connectivity index (χ1) is 10.1. The lowest BCUT2D eigenvalue weighted by Gasteiger charge is -2.23. The summed E-state index contributed by atoms with van der Waals surface area (Å²) in [5.41, 5.74) is 9.66. The first-order valence-corrected chi connectivity index (χ1v) is 7.40. The number of nitrogens with two attached hydrogens (primary N) is 1. The predicted octanol–water partition coefficient (Wildman–Crippen LogP) is 3.10. The molecule has 2 aromatic carbocycles. The Balaban J connectivity index is 2.09. The van der Waals surface area contributed by atoms with Gasteiger partial charge in [-0.2, -0.15) is 0 Å². The largest absolute Gasteiger partial charge is 0.378 e. The molecule has 0 saturated carbocycles. The Kier molecular flexibility index (Phi) is 5.37. The van der Waals surface area contributed by atoms with Crippen molar-refractivity contribution < 1.29 is 0 Å². The lowest BCUT2D eigenvalue weighted by Crippen LogP contribution is -2.30. The number of hydrogen-bond donors (Lipinski definition) is 2. The van der Waals surface area contributed by atoms with E-state index in [1.54, 1.807) is 0 Å². The van der Waals surface area contributed by atoms with E-state index >= 15 is 0 Å². The summed E-state index contributed by atoms with van der Waals surface area (Å²) in [6.45, 7) is 2.75. The molecule has 0 heterocycles. The molecule has 3 nitrogen and oxygen atoms in total. The van der Waals surface area contributed by atoms with Gasteiger partial charge in [0.25, 0.3) is 0 Å². The Labute approximate surface area is 127 Å². The minimum Gasteiger partial charge on any atom is -0.378 e. The van der Waals surface area contributed by atoms with Gasteiger partial charge in [0.15, 0.2) is 0 Å². The third-order valence-electron chi connectivity index (χ3n) is 3.80. The lowest BCUT2D eigenvalue weighted by molar-refractivity contribution is 0.473. The van der Waals surface area contributed by atoms with Gasteiger partial charge in [-0.3, -0.25) is 0 Å². The standard InChI is InChI=1S/C18H25N3/c1-14(15-7-5-4-6-8-15)20-18(13-19)16-9-11-17(12-10-16)21(2)3/h4-12,14,18,20H,13,19H2,1-3H3. The van der Waals surface area contributed by atoms with Crippen LogP contribution in [0.15, 0.2) is 54.6 Å². The van der Waals surface area contributed by atoms with Crippen LogP contribution in [0.5, 0.6) is 0 Å². The van der Waals surface area contributed by atoms with Crippen LogP contribution in [0.4, 0.5) is 5.69 Å². The zero-order valence-electron chi connectivity index (χ0n) is 13.1. The summed E-state index contributed by atoms with van der Waals surface area (Å²) in [7, 11) is 4.09. The number of nitrogens with one attached hydrogen (secondary N) is 1. The highest BCUT2D eigenvalue weighted by atomic mass is 15.1. The summed E-state index contributed by atoms with van der Waals surface area (Å²) in [6.07, 6.45) is 0. The monoisotopic (exact) mass is 283 g/mol. The van der Waals surface area contributed by atoms with E-state index in [1.807, 2.05) is 20.2 Å². The maximum atomic E-state index is 5.96. The average molecular weight is 283 g/mol. The highest BCUT2D eigenvalue weighted by Crippen LogP contribution is 2.21. The van der Waals surface area contributed by atoms with Crippen LogP contribution >= 0.6 is 0 Å². The minimum atomic E-state index is 0.163. The van der Waals surface area contributed by atoms with E-state index in [0.29, 0.717) is 6.54 Å². The normalized spacial score (nSPS) is 13.7. The Morgan fingerprint density at radius 3 is 2.10 bits per heavy atom. The smallest absolute Gasteiger partial charge is 0.0449 e. The summed E-state index contributed by atoms with van der Waals surface area (Å²) in [5.74, 6) is 0. The van der Waals surface area contributed by atoms with E-state index in [0.717, 1.165) is 0 Å². The number of benzene rings is 2. The van der Waals surface area contributed by atoms with E-state index in [-0.39, 0.29) is 12.1 Å². The summed E-state index contributed by atoms with van der Waals surface area (Å²) in [5, 5.41) is 3.61. The third-order valence-corrected chi connectivity index (χ3v) is 3.80. The summed E-state index contributed by atoms with van der Waals surface area (Å²) in [6, 6.07) is 19.4. The second-order valence-electron chi connectivity index (χ2n) is 5.57. The second kappa shape index (κ2) is 7.25. The van der Waals surface area contributed by atoms with Crippen LogP contribution in [0.2, 0.25) is 0 Å². The van der Waals surface area contributed by atoms with Gasteiger partial charge >= 0.3 is 0 Å². The quantitative estimate of drug-likeness (QED) is 0.856. The van der Waals surface area contributed by atoms with Gasteiger partial charge in [-0.25, -0.2) is 0 Å². The number of rotatable bonds is 6.